The van der Waals surface area contributed by atoms with Crippen LogP contribution in [0.15, 0.2) is 0 Å². The Morgan fingerprint density at radius 1 is 1.14 bits per heavy atom. The predicted octanol–water partition coefficient (Wildman–Crippen LogP) is -1.32. The highest BCUT2D eigenvalue weighted by atomic mass is 32.3. The van der Waals surface area contributed by atoms with Crippen molar-refractivity contribution in [2.75, 3.05) is 12.5 Å². The van der Waals surface area contributed by atoms with Gasteiger partial charge in [-0.1, -0.05) is 3.71 Å². The van der Waals surface area contributed by atoms with Crippen molar-refractivity contribution < 1.29 is 26.7 Å². The molecule has 0 saturated heterocycles. The van der Waals surface area contributed by atoms with E-state index in [9.17, 15) is 21.6 Å². The quantitative estimate of drug-likeness (QED) is 0.658. The average molecular weight is 245 g/mol. The van der Waals surface area contributed by atoms with Gasteiger partial charge in [0.1, 0.15) is 6.04 Å². The summed E-state index contributed by atoms with van der Waals surface area (Å²) in [6, 6.07) is -1.64. The maximum atomic E-state index is 11.0. The Labute approximate surface area is 82.4 Å². The van der Waals surface area contributed by atoms with Gasteiger partial charge >= 0.3 is 5.97 Å². The Balaban J connectivity index is 5.49. The van der Waals surface area contributed by atoms with Crippen molar-refractivity contribution in [1.82, 2.24) is 3.71 Å². The first kappa shape index (κ1) is 13.3. The number of aliphatic carboxylic acids is 1. The van der Waals surface area contributed by atoms with Gasteiger partial charge in [-0.15, -0.1) is 0 Å². The van der Waals surface area contributed by atoms with E-state index in [2.05, 4.69) is 0 Å². The number of carboxylic acid groups (broad SMARTS) is 1. The van der Waals surface area contributed by atoms with E-state index >= 15 is 0 Å². The fourth-order valence-corrected chi connectivity index (χ4v) is 4.21. The summed E-state index contributed by atoms with van der Waals surface area (Å²) >= 11 is 0. The van der Waals surface area contributed by atoms with Gasteiger partial charge in [-0.25, -0.2) is 16.8 Å². The first-order valence-corrected chi connectivity index (χ1v) is 7.10. The molecule has 0 aliphatic rings. The summed E-state index contributed by atoms with van der Waals surface area (Å²) in [7, 11) is -8.20. The molecule has 14 heavy (non-hydrogen) atoms. The van der Waals surface area contributed by atoms with Crippen molar-refractivity contribution in [2.45, 2.75) is 13.0 Å². The van der Waals surface area contributed by atoms with Crippen molar-refractivity contribution >= 4 is 26.0 Å². The van der Waals surface area contributed by atoms with E-state index in [1.165, 1.54) is 0 Å². The minimum Gasteiger partial charge on any atom is -0.480 e. The normalized spacial score (nSPS) is 15.4. The molecule has 1 unspecified atom stereocenters. The topological polar surface area (TPSA) is 109 Å². The molecule has 0 aliphatic carbocycles. The highest BCUT2D eigenvalue weighted by Crippen LogP contribution is 2.10. The molecular weight excluding hydrogens is 234 g/mol. The van der Waals surface area contributed by atoms with Crippen LogP contribution in [0.5, 0.6) is 0 Å². The second kappa shape index (κ2) is 3.83. The van der Waals surface area contributed by atoms with Crippen LogP contribution in [0.3, 0.4) is 0 Å². The van der Waals surface area contributed by atoms with Gasteiger partial charge in [-0.3, -0.25) is 4.79 Å². The van der Waals surface area contributed by atoms with Crippen molar-refractivity contribution in [3.8, 4) is 0 Å². The summed E-state index contributed by atoms with van der Waals surface area (Å²) in [5.41, 5.74) is 0. The van der Waals surface area contributed by atoms with Crippen LogP contribution in [-0.2, 0) is 24.8 Å². The Morgan fingerprint density at radius 3 is 1.50 bits per heavy atom. The van der Waals surface area contributed by atoms with Crippen LogP contribution in [0.1, 0.15) is 6.92 Å². The van der Waals surface area contributed by atoms with Gasteiger partial charge in [0.25, 0.3) is 0 Å². The molecule has 0 rings (SSSR count). The van der Waals surface area contributed by atoms with Crippen LogP contribution in [0.25, 0.3) is 0 Å². The molecule has 84 valence electrons. The van der Waals surface area contributed by atoms with Crippen LogP contribution in [0.4, 0.5) is 0 Å². The number of carbonyl (C=O) groups is 1. The number of hydrogen-bond donors (Lipinski definition) is 1. The third-order valence-corrected chi connectivity index (χ3v) is 4.89. The first-order chi connectivity index (χ1) is 5.98. The lowest BCUT2D eigenvalue weighted by molar-refractivity contribution is -0.139. The molecule has 0 fully saturated rings. The molecule has 0 amide bonds. The Hall–Kier alpha value is -0.670. The SMILES string of the molecule is CC(C(=O)O)N(S(C)(=O)=O)S(C)(=O)=O. The van der Waals surface area contributed by atoms with Gasteiger partial charge < -0.3 is 5.11 Å². The largest absolute Gasteiger partial charge is 0.480 e. The van der Waals surface area contributed by atoms with Crippen LogP contribution in [0, 0.1) is 0 Å². The van der Waals surface area contributed by atoms with Gasteiger partial charge in [-0.2, -0.15) is 0 Å². The third kappa shape index (κ3) is 3.24. The summed E-state index contributed by atoms with van der Waals surface area (Å²) in [5, 5.41) is 8.51. The van der Waals surface area contributed by atoms with Crippen molar-refractivity contribution in [3.05, 3.63) is 0 Å². The fraction of sp³-hybridized carbons (Fsp3) is 0.800. The summed E-state index contributed by atoms with van der Waals surface area (Å²) in [5.74, 6) is -1.53. The Morgan fingerprint density at radius 2 is 1.43 bits per heavy atom. The Bertz CT molecular complexity index is 389. The van der Waals surface area contributed by atoms with Crippen molar-refractivity contribution in [1.29, 1.82) is 0 Å². The molecule has 0 heterocycles. The smallest absolute Gasteiger partial charge is 0.322 e. The summed E-state index contributed by atoms with van der Waals surface area (Å²) < 4.78 is 44.0. The van der Waals surface area contributed by atoms with Crippen LogP contribution >= 0.6 is 0 Å². The zero-order valence-electron chi connectivity index (χ0n) is 7.83. The number of nitrogens with zero attached hydrogens (tertiary/aromatic N) is 1. The lowest BCUT2D eigenvalue weighted by Crippen LogP contribution is -2.45. The molecule has 0 saturated carbocycles. The fourth-order valence-electron chi connectivity index (χ4n) is 0.911. The van der Waals surface area contributed by atoms with E-state index in [-0.39, 0.29) is 3.71 Å². The number of carboxylic acids is 1. The van der Waals surface area contributed by atoms with Crippen molar-refractivity contribution in [3.63, 3.8) is 0 Å². The number of rotatable bonds is 4. The first-order valence-electron chi connectivity index (χ1n) is 3.40. The maximum Gasteiger partial charge on any atom is 0.322 e. The lowest BCUT2D eigenvalue weighted by atomic mass is 10.4. The van der Waals surface area contributed by atoms with E-state index in [1.54, 1.807) is 0 Å². The van der Waals surface area contributed by atoms with Gasteiger partial charge in [0.05, 0.1) is 12.5 Å². The number of sulfonamides is 2. The minimum atomic E-state index is -4.10. The second-order valence-electron chi connectivity index (χ2n) is 2.77. The van der Waals surface area contributed by atoms with Crippen LogP contribution < -0.4 is 0 Å². The maximum absolute atomic E-state index is 11.0. The van der Waals surface area contributed by atoms with Gasteiger partial charge in [0.15, 0.2) is 0 Å². The van der Waals surface area contributed by atoms with E-state index in [0.717, 1.165) is 6.92 Å². The highest BCUT2D eigenvalue weighted by Gasteiger charge is 2.36. The van der Waals surface area contributed by atoms with Gasteiger partial charge in [0.2, 0.25) is 20.0 Å². The molecule has 0 aromatic carbocycles. The van der Waals surface area contributed by atoms with E-state index in [1.807, 2.05) is 0 Å². The molecule has 0 aromatic heterocycles. The molecular formula is C5H11NO6S2. The van der Waals surface area contributed by atoms with Crippen molar-refractivity contribution in [2.24, 2.45) is 0 Å². The molecule has 1 N–H and O–H groups in total. The summed E-state index contributed by atoms with van der Waals surface area (Å²) in [6.45, 7) is 0.977. The van der Waals surface area contributed by atoms with Crippen LogP contribution in [0.2, 0.25) is 0 Å². The molecule has 9 heteroatoms. The monoisotopic (exact) mass is 245 g/mol. The molecule has 0 radical (unpaired) electrons. The highest BCUT2D eigenvalue weighted by molar-refractivity contribution is 8.03. The molecule has 1 atom stereocenters. The molecule has 0 bridgehead atoms. The summed E-state index contributed by atoms with van der Waals surface area (Å²) in [6.07, 6.45) is 1.26. The van der Waals surface area contributed by atoms with E-state index in [0.29, 0.717) is 12.5 Å². The molecule has 0 aromatic rings. The average Bonchev–Trinajstić information content (AvgIpc) is 1.79. The summed E-state index contributed by atoms with van der Waals surface area (Å²) in [4.78, 5) is 10.5. The zero-order valence-corrected chi connectivity index (χ0v) is 9.46. The minimum absolute atomic E-state index is 0.0394. The lowest BCUT2D eigenvalue weighted by Gasteiger charge is -2.20. The number of hydrogen-bond acceptors (Lipinski definition) is 5. The van der Waals surface area contributed by atoms with Gasteiger partial charge in [0, 0.05) is 0 Å². The molecule has 0 aliphatic heterocycles. The second-order valence-corrected chi connectivity index (χ2v) is 6.72. The molecule has 0 spiro atoms. The van der Waals surface area contributed by atoms with Gasteiger partial charge in [-0.05, 0) is 6.92 Å². The van der Waals surface area contributed by atoms with E-state index in [4.69, 9.17) is 5.11 Å². The predicted molar refractivity (Wildman–Crippen MR) is 48.6 cm³/mol. The zero-order chi connectivity index (χ0) is 11.7. The standard InChI is InChI=1S/C5H11NO6S2/c1-4(5(7)8)6(13(2,9)10)14(3,11)12/h4H,1-3H3,(H,7,8). The Kier molecular flexibility index (Phi) is 3.65. The molecule has 7 nitrogen and oxygen atoms in total. The van der Waals surface area contributed by atoms with E-state index < -0.39 is 32.1 Å². The van der Waals surface area contributed by atoms with Crippen LogP contribution in [-0.4, -0.2) is 50.2 Å². The third-order valence-electron chi connectivity index (χ3n) is 1.33.